The zero-order valence-electron chi connectivity index (χ0n) is 13.2. The van der Waals surface area contributed by atoms with E-state index in [2.05, 4.69) is 10.3 Å². The lowest BCUT2D eigenvalue weighted by Crippen LogP contribution is -2.41. The summed E-state index contributed by atoms with van der Waals surface area (Å²) in [7, 11) is -2.03. The first-order chi connectivity index (χ1) is 9.97. The number of sulfonamides is 1. The van der Waals surface area contributed by atoms with E-state index in [1.807, 2.05) is 20.8 Å². The lowest BCUT2D eigenvalue weighted by Gasteiger charge is -2.26. The maximum absolute atomic E-state index is 12.6. The molecule has 1 aromatic heterocycles. The summed E-state index contributed by atoms with van der Waals surface area (Å²) < 4.78 is 31.6. The van der Waals surface area contributed by atoms with Gasteiger partial charge in [0.05, 0.1) is 6.61 Å². The second kappa shape index (κ2) is 8.43. The largest absolute Gasteiger partial charge is 0.383 e. The molecule has 1 atom stereocenters. The summed E-state index contributed by atoms with van der Waals surface area (Å²) in [6, 6.07) is 3.12. The topological polar surface area (TPSA) is 71.5 Å². The van der Waals surface area contributed by atoms with Crippen LogP contribution in [0.3, 0.4) is 0 Å². The van der Waals surface area contributed by atoms with E-state index in [1.165, 1.54) is 4.31 Å². The van der Waals surface area contributed by atoms with E-state index in [0.717, 1.165) is 12.1 Å². The second-order valence-electron chi connectivity index (χ2n) is 4.80. The molecule has 0 amide bonds. The van der Waals surface area contributed by atoms with E-state index < -0.39 is 10.0 Å². The van der Waals surface area contributed by atoms with Crippen LogP contribution in [0.5, 0.6) is 0 Å². The Morgan fingerprint density at radius 2 is 2.10 bits per heavy atom. The maximum Gasteiger partial charge on any atom is 0.260 e. The van der Waals surface area contributed by atoms with Crippen molar-refractivity contribution in [2.24, 2.45) is 0 Å². The summed E-state index contributed by atoms with van der Waals surface area (Å²) in [5, 5.41) is 3.25. The minimum atomic E-state index is -3.59. The fraction of sp³-hybridized carbons (Fsp3) is 0.643. The molecular weight excluding hydrogens is 290 g/mol. The van der Waals surface area contributed by atoms with Gasteiger partial charge in [-0.1, -0.05) is 19.9 Å². The number of nitrogens with one attached hydrogen (secondary N) is 1. The Bertz CT molecular complexity index is 517. The quantitative estimate of drug-likeness (QED) is 0.742. The summed E-state index contributed by atoms with van der Waals surface area (Å²) >= 11 is 0. The number of rotatable bonds is 9. The van der Waals surface area contributed by atoms with Crippen molar-refractivity contribution in [1.29, 1.82) is 0 Å². The van der Waals surface area contributed by atoms with Gasteiger partial charge in [-0.25, -0.2) is 13.4 Å². The van der Waals surface area contributed by atoms with Crippen molar-refractivity contribution in [3.05, 3.63) is 23.9 Å². The van der Waals surface area contributed by atoms with Crippen LogP contribution in [0.1, 0.15) is 26.3 Å². The van der Waals surface area contributed by atoms with Crippen LogP contribution in [-0.4, -0.2) is 50.6 Å². The molecule has 0 aliphatic heterocycles. The molecule has 0 bridgehead atoms. The molecule has 21 heavy (non-hydrogen) atoms. The number of aromatic nitrogens is 1. The molecular formula is C14H25N3O3S. The van der Waals surface area contributed by atoms with E-state index in [0.29, 0.717) is 19.7 Å². The van der Waals surface area contributed by atoms with Crippen LogP contribution in [0.2, 0.25) is 0 Å². The van der Waals surface area contributed by atoms with Crippen molar-refractivity contribution in [2.75, 3.05) is 26.8 Å². The highest BCUT2D eigenvalue weighted by Crippen LogP contribution is 2.16. The van der Waals surface area contributed by atoms with Gasteiger partial charge in [-0.2, -0.15) is 4.31 Å². The number of methoxy groups -OCH3 is 1. The first-order valence-corrected chi connectivity index (χ1v) is 8.57. The van der Waals surface area contributed by atoms with Crippen LogP contribution in [0.25, 0.3) is 0 Å². The van der Waals surface area contributed by atoms with E-state index in [-0.39, 0.29) is 11.1 Å². The normalized spacial score (nSPS) is 13.6. The first kappa shape index (κ1) is 18.0. The highest BCUT2D eigenvalue weighted by Gasteiger charge is 2.28. The van der Waals surface area contributed by atoms with Gasteiger partial charge < -0.3 is 10.1 Å². The maximum atomic E-state index is 12.6. The number of nitrogens with zero attached hydrogens (tertiary/aromatic N) is 2. The molecule has 0 radical (unpaired) electrons. The minimum Gasteiger partial charge on any atom is -0.383 e. The van der Waals surface area contributed by atoms with Gasteiger partial charge in [0, 0.05) is 32.4 Å². The van der Waals surface area contributed by atoms with Crippen molar-refractivity contribution in [3.8, 4) is 0 Å². The Morgan fingerprint density at radius 1 is 1.38 bits per heavy atom. The number of hydrogen-bond acceptors (Lipinski definition) is 5. The van der Waals surface area contributed by atoms with Gasteiger partial charge in [0.2, 0.25) is 0 Å². The Labute approximate surface area is 127 Å². The van der Waals surface area contributed by atoms with Gasteiger partial charge in [0.25, 0.3) is 10.0 Å². The fourth-order valence-corrected chi connectivity index (χ4v) is 3.64. The molecule has 120 valence electrons. The first-order valence-electron chi connectivity index (χ1n) is 7.13. The number of likely N-dealkylation sites (N-methyl/N-ethyl adjacent to an activating group) is 1. The molecule has 1 rings (SSSR count). The van der Waals surface area contributed by atoms with E-state index in [1.54, 1.807) is 25.4 Å². The third-order valence-corrected chi connectivity index (χ3v) is 5.17. The lowest BCUT2D eigenvalue weighted by molar-refractivity contribution is 0.142. The molecule has 1 heterocycles. The zero-order valence-corrected chi connectivity index (χ0v) is 14.0. The highest BCUT2D eigenvalue weighted by molar-refractivity contribution is 7.89. The summed E-state index contributed by atoms with van der Waals surface area (Å²) in [6.45, 7) is 7.93. The molecule has 0 spiro atoms. The van der Waals surface area contributed by atoms with Gasteiger partial charge >= 0.3 is 0 Å². The second-order valence-corrected chi connectivity index (χ2v) is 6.64. The van der Waals surface area contributed by atoms with Crippen LogP contribution in [-0.2, 0) is 21.3 Å². The molecule has 1 N–H and O–H groups in total. The number of hydrogen-bond donors (Lipinski definition) is 1. The Kier molecular flexibility index (Phi) is 7.24. The predicted molar refractivity (Wildman–Crippen MR) is 82.5 cm³/mol. The summed E-state index contributed by atoms with van der Waals surface area (Å²) in [5.74, 6) is 0. The Morgan fingerprint density at radius 3 is 2.57 bits per heavy atom. The SMILES string of the molecule is CCNCc1ccc(S(=O)(=O)N(CC)C(C)COC)nc1. The predicted octanol–water partition coefficient (Wildman–Crippen LogP) is 1.24. The molecule has 0 saturated carbocycles. The third-order valence-electron chi connectivity index (χ3n) is 3.16. The van der Waals surface area contributed by atoms with Crippen LogP contribution < -0.4 is 5.32 Å². The molecule has 0 fully saturated rings. The summed E-state index contributed by atoms with van der Waals surface area (Å²) in [4.78, 5) is 4.10. The molecule has 0 aromatic carbocycles. The van der Waals surface area contributed by atoms with E-state index >= 15 is 0 Å². The minimum absolute atomic E-state index is 0.0764. The standard InChI is InChI=1S/C14H25N3O3S/c1-5-15-9-13-7-8-14(16-10-13)21(18,19)17(6-2)12(3)11-20-4/h7-8,10,12,15H,5-6,9,11H2,1-4H3. The molecule has 6 nitrogen and oxygen atoms in total. The van der Waals surface area contributed by atoms with E-state index in [4.69, 9.17) is 4.74 Å². The third kappa shape index (κ3) is 4.74. The molecule has 1 aromatic rings. The molecule has 0 aliphatic rings. The zero-order chi connectivity index (χ0) is 15.9. The summed E-state index contributed by atoms with van der Waals surface area (Å²) in [6.07, 6.45) is 1.60. The lowest BCUT2D eigenvalue weighted by atomic mass is 10.3. The van der Waals surface area contributed by atoms with Gasteiger partial charge in [0.1, 0.15) is 0 Å². The van der Waals surface area contributed by atoms with Crippen molar-refractivity contribution in [1.82, 2.24) is 14.6 Å². The van der Waals surface area contributed by atoms with Crippen molar-refractivity contribution >= 4 is 10.0 Å². The Hall–Kier alpha value is -1.02. The van der Waals surface area contributed by atoms with Gasteiger partial charge in [-0.15, -0.1) is 0 Å². The van der Waals surface area contributed by atoms with Crippen LogP contribution >= 0.6 is 0 Å². The molecule has 0 aliphatic carbocycles. The highest BCUT2D eigenvalue weighted by atomic mass is 32.2. The van der Waals surface area contributed by atoms with Crippen LogP contribution in [0.4, 0.5) is 0 Å². The van der Waals surface area contributed by atoms with Crippen LogP contribution in [0.15, 0.2) is 23.4 Å². The average Bonchev–Trinajstić information content (AvgIpc) is 2.46. The Balaban J connectivity index is 2.95. The summed E-state index contributed by atoms with van der Waals surface area (Å²) in [5.41, 5.74) is 0.962. The smallest absolute Gasteiger partial charge is 0.260 e. The van der Waals surface area contributed by atoms with Gasteiger partial charge in [-0.05, 0) is 25.1 Å². The number of ether oxygens (including phenoxy) is 1. The van der Waals surface area contributed by atoms with Gasteiger partial charge in [-0.3, -0.25) is 0 Å². The van der Waals surface area contributed by atoms with Crippen molar-refractivity contribution in [3.63, 3.8) is 0 Å². The fourth-order valence-electron chi connectivity index (χ4n) is 2.10. The number of pyridine rings is 1. The molecule has 1 unspecified atom stereocenters. The monoisotopic (exact) mass is 315 g/mol. The van der Waals surface area contributed by atoms with E-state index in [9.17, 15) is 8.42 Å². The average molecular weight is 315 g/mol. The van der Waals surface area contributed by atoms with Crippen LogP contribution in [0, 0.1) is 0 Å². The van der Waals surface area contributed by atoms with Crippen molar-refractivity contribution < 1.29 is 13.2 Å². The van der Waals surface area contributed by atoms with Crippen molar-refractivity contribution in [2.45, 2.75) is 38.4 Å². The molecule has 0 saturated heterocycles. The molecule has 7 heteroatoms. The van der Waals surface area contributed by atoms with Gasteiger partial charge in [0.15, 0.2) is 5.03 Å².